The minimum absolute atomic E-state index is 0.151. The van der Waals surface area contributed by atoms with E-state index in [4.69, 9.17) is 23.3 Å². The maximum atomic E-state index is 12.8. The van der Waals surface area contributed by atoms with Crippen molar-refractivity contribution in [1.29, 1.82) is 0 Å². The van der Waals surface area contributed by atoms with E-state index >= 15 is 0 Å². The van der Waals surface area contributed by atoms with E-state index in [1.165, 1.54) is 77.0 Å². The van der Waals surface area contributed by atoms with Crippen molar-refractivity contribution in [2.45, 2.75) is 251 Å². The Morgan fingerprint density at radius 1 is 0.424 bits per heavy atom. The third-order valence-electron chi connectivity index (χ3n) is 11.2. The molecule has 0 saturated carbocycles. The highest BCUT2D eigenvalue weighted by atomic mass is 31.2. The number of unbranched alkanes of at least 4 members (excludes halogenated alkanes) is 24. The van der Waals surface area contributed by atoms with Crippen molar-refractivity contribution in [1.82, 2.24) is 0 Å². The Morgan fingerprint density at radius 3 is 1.21 bits per heavy atom. The molecule has 0 amide bonds. The van der Waals surface area contributed by atoms with Gasteiger partial charge in [0.1, 0.15) is 12.7 Å². The van der Waals surface area contributed by atoms with E-state index in [9.17, 15) is 28.9 Å². The van der Waals surface area contributed by atoms with Crippen molar-refractivity contribution in [2.75, 3.05) is 26.4 Å². The van der Waals surface area contributed by atoms with Crippen LogP contribution in [0.2, 0.25) is 0 Å². The summed E-state index contributed by atoms with van der Waals surface area (Å²) < 4.78 is 39.3. The molecule has 0 radical (unpaired) electrons. The molecule has 0 heterocycles. The van der Waals surface area contributed by atoms with Crippen molar-refractivity contribution in [2.24, 2.45) is 0 Å². The number of aliphatic hydroxyl groups excluding tert-OH is 1. The molecule has 66 heavy (non-hydrogen) atoms. The normalized spacial score (nSPS) is 13.8. The molecular weight excluding hydrogens is 856 g/mol. The van der Waals surface area contributed by atoms with Crippen molar-refractivity contribution in [3.8, 4) is 0 Å². The number of hydrogen-bond donors (Lipinski definition) is 2. The van der Waals surface area contributed by atoms with Crippen LogP contribution >= 0.6 is 7.82 Å². The van der Waals surface area contributed by atoms with Crippen LogP contribution < -0.4 is 0 Å². The van der Waals surface area contributed by atoms with Gasteiger partial charge >= 0.3 is 25.7 Å². The molecule has 0 spiro atoms. The van der Waals surface area contributed by atoms with Crippen LogP contribution in [0.1, 0.15) is 239 Å². The first kappa shape index (κ1) is 63.4. The standard InChI is InChI=1S/C54H97O11P/c1-4-7-10-13-16-19-21-23-24-25-26-28-29-32-34-37-40-43-52(56)61-47-51(65-54(58)45-42-39-36-33-30-27-22-20-17-14-11-8-5-2)49-63-66(59,60)62-48-50(46-55)64-53(57)44-41-38-35-31-18-15-12-9-6-3/h11,14,16,19-20,22-24,50-51,55H,4-10,12-13,15,17-18,21,25-49H2,1-3H3,(H,59,60)/b14-11-,19-16-,22-20-,24-23-. The summed E-state index contributed by atoms with van der Waals surface area (Å²) in [6, 6.07) is 0. The third kappa shape index (κ3) is 46.5. The molecule has 0 aromatic rings. The minimum atomic E-state index is -4.74. The molecule has 0 aliphatic rings. The van der Waals surface area contributed by atoms with Gasteiger partial charge in [0.2, 0.25) is 0 Å². The number of esters is 3. The van der Waals surface area contributed by atoms with E-state index in [0.717, 1.165) is 103 Å². The lowest BCUT2D eigenvalue weighted by Gasteiger charge is -2.21. The molecular formula is C54H97O11P. The number of ether oxygens (including phenoxy) is 3. The fourth-order valence-electron chi connectivity index (χ4n) is 7.13. The Balaban J connectivity index is 4.74. The smallest absolute Gasteiger partial charge is 0.462 e. The molecule has 384 valence electrons. The molecule has 0 aromatic carbocycles. The number of carbonyl (C=O) groups is 3. The van der Waals surface area contributed by atoms with Gasteiger partial charge in [-0.15, -0.1) is 0 Å². The predicted octanol–water partition coefficient (Wildman–Crippen LogP) is 15.0. The van der Waals surface area contributed by atoms with Crippen molar-refractivity contribution >= 4 is 25.7 Å². The molecule has 0 bridgehead atoms. The van der Waals surface area contributed by atoms with E-state index in [0.29, 0.717) is 19.3 Å². The summed E-state index contributed by atoms with van der Waals surface area (Å²) in [5.41, 5.74) is 0. The monoisotopic (exact) mass is 953 g/mol. The lowest BCUT2D eigenvalue weighted by Crippen LogP contribution is -2.30. The number of aliphatic hydroxyl groups is 1. The largest absolute Gasteiger partial charge is 0.472 e. The maximum absolute atomic E-state index is 12.8. The Morgan fingerprint density at radius 2 is 0.773 bits per heavy atom. The molecule has 0 rings (SSSR count). The summed E-state index contributed by atoms with van der Waals surface area (Å²) in [4.78, 5) is 48.3. The molecule has 3 atom stereocenters. The van der Waals surface area contributed by atoms with Gasteiger partial charge in [0.25, 0.3) is 0 Å². The quantitative estimate of drug-likeness (QED) is 0.0197. The maximum Gasteiger partial charge on any atom is 0.472 e. The Hall–Kier alpha value is -2.56. The van der Waals surface area contributed by atoms with Crippen LogP contribution in [0.3, 0.4) is 0 Å². The van der Waals surface area contributed by atoms with Crippen LogP contribution in [0.25, 0.3) is 0 Å². The molecule has 0 aliphatic carbocycles. The number of rotatable bonds is 49. The van der Waals surface area contributed by atoms with Gasteiger partial charge in [-0.2, -0.15) is 0 Å². The first-order valence-corrected chi connectivity index (χ1v) is 28.0. The first-order valence-electron chi connectivity index (χ1n) is 26.5. The molecule has 0 fully saturated rings. The molecule has 11 nitrogen and oxygen atoms in total. The van der Waals surface area contributed by atoms with Crippen LogP contribution in [0, 0.1) is 0 Å². The summed E-state index contributed by atoms with van der Waals surface area (Å²) >= 11 is 0. The summed E-state index contributed by atoms with van der Waals surface area (Å²) in [5, 5.41) is 9.74. The van der Waals surface area contributed by atoms with Crippen LogP contribution in [0.4, 0.5) is 0 Å². The fourth-order valence-corrected chi connectivity index (χ4v) is 7.91. The zero-order valence-corrected chi connectivity index (χ0v) is 43.1. The summed E-state index contributed by atoms with van der Waals surface area (Å²) in [6.45, 7) is 4.50. The number of carbonyl (C=O) groups excluding carboxylic acids is 3. The highest BCUT2D eigenvalue weighted by Crippen LogP contribution is 2.43. The van der Waals surface area contributed by atoms with Crippen LogP contribution in [-0.4, -0.2) is 66.5 Å². The second-order valence-corrected chi connectivity index (χ2v) is 19.1. The second-order valence-electron chi connectivity index (χ2n) is 17.7. The van der Waals surface area contributed by atoms with E-state index in [1.807, 2.05) is 0 Å². The fraction of sp³-hybridized carbons (Fsp3) is 0.796. The highest BCUT2D eigenvalue weighted by Gasteiger charge is 2.28. The van der Waals surface area contributed by atoms with Crippen molar-refractivity contribution in [3.63, 3.8) is 0 Å². The van der Waals surface area contributed by atoms with Crippen LogP contribution in [-0.2, 0) is 42.2 Å². The number of allylic oxidation sites excluding steroid dienone is 8. The highest BCUT2D eigenvalue weighted by molar-refractivity contribution is 7.47. The van der Waals surface area contributed by atoms with Gasteiger partial charge in [0.15, 0.2) is 6.10 Å². The van der Waals surface area contributed by atoms with Gasteiger partial charge in [0, 0.05) is 19.3 Å². The Kier molecular flexibility index (Phi) is 47.0. The number of phosphoric acid groups is 1. The van der Waals surface area contributed by atoms with Gasteiger partial charge in [-0.05, 0) is 77.0 Å². The van der Waals surface area contributed by atoms with Crippen molar-refractivity contribution < 1.29 is 52.2 Å². The summed E-state index contributed by atoms with van der Waals surface area (Å²) in [5.74, 6) is -1.49. The van der Waals surface area contributed by atoms with Gasteiger partial charge in [-0.3, -0.25) is 23.4 Å². The second kappa shape index (κ2) is 48.9. The topological polar surface area (TPSA) is 155 Å². The average molecular weight is 953 g/mol. The zero-order valence-electron chi connectivity index (χ0n) is 42.2. The number of phosphoric ester groups is 1. The lowest BCUT2D eigenvalue weighted by molar-refractivity contribution is -0.161. The van der Waals surface area contributed by atoms with Gasteiger partial charge in [-0.25, -0.2) is 4.57 Å². The first-order chi connectivity index (χ1) is 32.2. The molecule has 0 aromatic heterocycles. The molecule has 2 N–H and O–H groups in total. The van der Waals surface area contributed by atoms with Gasteiger partial charge < -0.3 is 24.2 Å². The molecule has 0 aliphatic heterocycles. The lowest BCUT2D eigenvalue weighted by atomic mass is 10.1. The average Bonchev–Trinajstić information content (AvgIpc) is 3.30. The molecule has 3 unspecified atom stereocenters. The predicted molar refractivity (Wildman–Crippen MR) is 270 cm³/mol. The SMILES string of the molecule is CCC/C=C\C/C=C\CCCCCCCC(=O)OC(COC(=O)CCCCCCCCC/C=C\C/C=C\CCCCC)COP(=O)(O)OCC(CO)OC(=O)CCCCCCCCCCC. The molecule has 12 heteroatoms. The Bertz CT molecular complexity index is 1300. The summed E-state index contributed by atoms with van der Waals surface area (Å²) in [6.07, 6.45) is 49.4. The van der Waals surface area contributed by atoms with Gasteiger partial charge in [-0.1, -0.05) is 191 Å². The van der Waals surface area contributed by atoms with E-state index in [-0.39, 0.29) is 25.9 Å². The minimum Gasteiger partial charge on any atom is -0.462 e. The zero-order chi connectivity index (χ0) is 48.4. The van der Waals surface area contributed by atoms with Crippen LogP contribution in [0.15, 0.2) is 48.6 Å². The third-order valence-corrected chi connectivity index (χ3v) is 12.2. The van der Waals surface area contributed by atoms with Gasteiger partial charge in [0.05, 0.1) is 19.8 Å². The summed E-state index contributed by atoms with van der Waals surface area (Å²) in [7, 11) is -4.74. The Labute approximate surface area is 403 Å². The number of hydrogen-bond acceptors (Lipinski definition) is 10. The van der Waals surface area contributed by atoms with Crippen LogP contribution in [0.5, 0.6) is 0 Å². The van der Waals surface area contributed by atoms with E-state index < -0.39 is 57.8 Å². The van der Waals surface area contributed by atoms with E-state index in [2.05, 4.69) is 69.4 Å². The molecule has 0 saturated heterocycles. The van der Waals surface area contributed by atoms with Crippen molar-refractivity contribution in [3.05, 3.63) is 48.6 Å². The van der Waals surface area contributed by atoms with E-state index in [1.54, 1.807) is 0 Å².